The van der Waals surface area contributed by atoms with E-state index in [1.165, 1.54) is 13.3 Å². The number of aromatic nitrogens is 3. The van der Waals surface area contributed by atoms with Crippen molar-refractivity contribution in [2.24, 2.45) is 5.92 Å². The normalized spacial score (nSPS) is 19.5. The van der Waals surface area contributed by atoms with E-state index in [4.69, 9.17) is 21.1 Å². The van der Waals surface area contributed by atoms with Crippen LogP contribution in [0.15, 0.2) is 24.5 Å². The van der Waals surface area contributed by atoms with Crippen molar-refractivity contribution in [1.82, 2.24) is 15.0 Å². The zero-order valence-electron chi connectivity index (χ0n) is 15.0. The van der Waals surface area contributed by atoms with Crippen LogP contribution in [0.2, 0.25) is 5.02 Å². The standard InChI is InChI=1S/C19H21ClFN3O3/c1-26-17(25)8-12-2-4-13(5-3-12)18-23-10-16(21)19(24-18)27-11-15-7-6-14(20)9-22-15/h6-7,9-10,12-13H,2-5,8,11H2,1H3. The van der Waals surface area contributed by atoms with E-state index in [0.717, 1.165) is 31.9 Å². The van der Waals surface area contributed by atoms with Gasteiger partial charge in [0.05, 0.1) is 24.0 Å². The molecule has 0 amide bonds. The van der Waals surface area contributed by atoms with E-state index in [1.54, 1.807) is 12.1 Å². The minimum atomic E-state index is -0.605. The Kier molecular flexibility index (Phi) is 6.55. The summed E-state index contributed by atoms with van der Waals surface area (Å²) in [7, 11) is 1.40. The molecule has 1 aliphatic rings. The summed E-state index contributed by atoms with van der Waals surface area (Å²) >= 11 is 5.80. The number of pyridine rings is 1. The highest BCUT2D eigenvalue weighted by Crippen LogP contribution is 2.36. The Labute approximate surface area is 162 Å². The third kappa shape index (κ3) is 5.35. The second-order valence-electron chi connectivity index (χ2n) is 6.64. The van der Waals surface area contributed by atoms with Gasteiger partial charge in [0.25, 0.3) is 5.88 Å². The maximum atomic E-state index is 14.0. The van der Waals surface area contributed by atoms with Crippen molar-refractivity contribution in [3.05, 3.63) is 46.9 Å². The minimum Gasteiger partial charge on any atom is -0.469 e. The molecule has 144 valence electrons. The number of esters is 1. The van der Waals surface area contributed by atoms with Gasteiger partial charge in [-0.3, -0.25) is 9.78 Å². The lowest BCUT2D eigenvalue weighted by Gasteiger charge is -2.27. The molecule has 1 aliphatic carbocycles. The van der Waals surface area contributed by atoms with E-state index < -0.39 is 5.82 Å². The van der Waals surface area contributed by atoms with E-state index in [0.29, 0.717) is 28.9 Å². The van der Waals surface area contributed by atoms with Gasteiger partial charge in [-0.05, 0) is 43.7 Å². The average Bonchev–Trinajstić information content (AvgIpc) is 2.69. The summed E-state index contributed by atoms with van der Waals surface area (Å²) in [6.45, 7) is 0.0937. The lowest BCUT2D eigenvalue weighted by atomic mass is 9.80. The van der Waals surface area contributed by atoms with Gasteiger partial charge in [-0.1, -0.05) is 11.6 Å². The predicted octanol–water partition coefficient (Wildman–Crippen LogP) is 4.08. The first-order chi connectivity index (χ1) is 13.0. The van der Waals surface area contributed by atoms with Gasteiger partial charge in [-0.15, -0.1) is 0 Å². The minimum absolute atomic E-state index is 0.0755. The molecule has 0 aliphatic heterocycles. The van der Waals surface area contributed by atoms with Crippen LogP contribution in [-0.2, 0) is 16.1 Å². The maximum Gasteiger partial charge on any atom is 0.305 e. The fourth-order valence-electron chi connectivity index (χ4n) is 3.24. The summed E-state index contributed by atoms with van der Waals surface area (Å²) in [5.41, 5.74) is 0.627. The number of nitrogens with zero attached hydrogens (tertiary/aromatic N) is 3. The first-order valence-corrected chi connectivity index (χ1v) is 9.25. The number of carbonyl (C=O) groups excluding carboxylic acids is 1. The Balaban J connectivity index is 1.60. The van der Waals surface area contributed by atoms with Gasteiger partial charge in [-0.2, -0.15) is 9.37 Å². The van der Waals surface area contributed by atoms with Crippen molar-refractivity contribution in [2.75, 3.05) is 7.11 Å². The van der Waals surface area contributed by atoms with Crippen LogP contribution >= 0.6 is 11.6 Å². The highest BCUT2D eigenvalue weighted by Gasteiger charge is 2.26. The van der Waals surface area contributed by atoms with Gasteiger partial charge in [0.2, 0.25) is 5.82 Å². The molecule has 8 heteroatoms. The molecule has 0 spiro atoms. The molecule has 6 nitrogen and oxygen atoms in total. The van der Waals surface area contributed by atoms with Crippen LogP contribution in [-0.4, -0.2) is 28.0 Å². The average molecular weight is 394 g/mol. The molecule has 0 bridgehead atoms. The number of carbonyl (C=O) groups is 1. The molecule has 1 fully saturated rings. The molecular weight excluding hydrogens is 373 g/mol. The van der Waals surface area contributed by atoms with Crippen molar-refractivity contribution in [3.8, 4) is 5.88 Å². The first kappa shape index (κ1) is 19.5. The molecule has 0 saturated heterocycles. The molecule has 1 saturated carbocycles. The van der Waals surface area contributed by atoms with E-state index >= 15 is 0 Å². The number of halogens is 2. The second-order valence-corrected chi connectivity index (χ2v) is 7.07. The molecule has 0 aromatic carbocycles. The quantitative estimate of drug-likeness (QED) is 0.688. The fraction of sp³-hybridized carbons (Fsp3) is 0.474. The topological polar surface area (TPSA) is 74.2 Å². The van der Waals surface area contributed by atoms with Gasteiger partial charge >= 0.3 is 5.97 Å². The van der Waals surface area contributed by atoms with Crippen molar-refractivity contribution >= 4 is 17.6 Å². The lowest BCUT2D eigenvalue weighted by Crippen LogP contribution is -2.18. The monoisotopic (exact) mass is 393 g/mol. The Morgan fingerprint density at radius 3 is 2.67 bits per heavy atom. The van der Waals surface area contributed by atoms with E-state index in [9.17, 15) is 9.18 Å². The van der Waals surface area contributed by atoms with Crippen LogP contribution in [0.1, 0.15) is 49.5 Å². The Morgan fingerprint density at radius 2 is 2.00 bits per heavy atom. The highest BCUT2D eigenvalue weighted by molar-refractivity contribution is 6.30. The Morgan fingerprint density at radius 1 is 1.22 bits per heavy atom. The molecule has 0 atom stereocenters. The van der Waals surface area contributed by atoms with Crippen molar-refractivity contribution < 1.29 is 18.7 Å². The number of hydrogen-bond acceptors (Lipinski definition) is 6. The highest BCUT2D eigenvalue weighted by atomic mass is 35.5. The van der Waals surface area contributed by atoms with Gasteiger partial charge in [0.1, 0.15) is 12.4 Å². The van der Waals surface area contributed by atoms with E-state index in [-0.39, 0.29) is 24.4 Å². The third-order valence-electron chi connectivity index (χ3n) is 4.77. The molecule has 3 rings (SSSR count). The van der Waals surface area contributed by atoms with E-state index in [2.05, 4.69) is 15.0 Å². The van der Waals surface area contributed by atoms with Crippen LogP contribution in [0.5, 0.6) is 5.88 Å². The number of methoxy groups -OCH3 is 1. The maximum absolute atomic E-state index is 14.0. The van der Waals surface area contributed by atoms with Gasteiger partial charge in [-0.25, -0.2) is 4.98 Å². The predicted molar refractivity (Wildman–Crippen MR) is 96.9 cm³/mol. The number of hydrogen-bond donors (Lipinski definition) is 0. The van der Waals surface area contributed by atoms with Gasteiger partial charge in [0.15, 0.2) is 0 Å². The van der Waals surface area contributed by atoms with E-state index in [1.807, 2.05) is 0 Å². The summed E-state index contributed by atoms with van der Waals surface area (Å²) in [4.78, 5) is 23.9. The first-order valence-electron chi connectivity index (χ1n) is 8.87. The summed E-state index contributed by atoms with van der Waals surface area (Å²) in [6.07, 6.45) is 6.59. The molecule has 27 heavy (non-hydrogen) atoms. The van der Waals surface area contributed by atoms with Gasteiger partial charge in [0, 0.05) is 18.5 Å². The van der Waals surface area contributed by atoms with Crippen LogP contribution in [0.3, 0.4) is 0 Å². The number of ether oxygens (including phenoxy) is 2. The van der Waals surface area contributed by atoms with Crippen molar-refractivity contribution in [1.29, 1.82) is 0 Å². The molecule has 2 heterocycles. The largest absolute Gasteiger partial charge is 0.469 e. The SMILES string of the molecule is COC(=O)CC1CCC(c2ncc(F)c(OCc3ccc(Cl)cn3)n2)CC1. The molecule has 2 aromatic rings. The van der Waals surface area contributed by atoms with Gasteiger partial charge < -0.3 is 9.47 Å². The third-order valence-corrected chi connectivity index (χ3v) is 4.99. The zero-order valence-corrected chi connectivity index (χ0v) is 15.8. The summed E-state index contributed by atoms with van der Waals surface area (Å²) in [5, 5.41) is 0.525. The van der Waals surface area contributed by atoms with Crippen LogP contribution in [0.25, 0.3) is 0 Å². The van der Waals surface area contributed by atoms with Crippen molar-refractivity contribution in [3.63, 3.8) is 0 Å². The summed E-state index contributed by atoms with van der Waals surface area (Å²) in [5.74, 6) is 0.173. The number of rotatable bonds is 6. The molecule has 2 aromatic heterocycles. The van der Waals surface area contributed by atoms with Crippen LogP contribution in [0.4, 0.5) is 4.39 Å². The fourth-order valence-corrected chi connectivity index (χ4v) is 3.35. The molecule has 0 radical (unpaired) electrons. The Bertz CT molecular complexity index is 780. The summed E-state index contributed by atoms with van der Waals surface area (Å²) in [6, 6.07) is 3.41. The smallest absolute Gasteiger partial charge is 0.305 e. The van der Waals surface area contributed by atoms with Crippen LogP contribution < -0.4 is 4.74 Å². The molecule has 0 N–H and O–H groups in total. The second kappa shape index (κ2) is 9.08. The van der Waals surface area contributed by atoms with Crippen molar-refractivity contribution in [2.45, 2.75) is 44.6 Å². The summed E-state index contributed by atoms with van der Waals surface area (Å²) < 4.78 is 24.2. The van der Waals surface area contributed by atoms with Crippen LogP contribution in [0, 0.1) is 11.7 Å². The molecular formula is C19H21ClFN3O3. The Hall–Kier alpha value is -2.28. The molecule has 0 unspecified atom stereocenters. The lowest BCUT2D eigenvalue weighted by molar-refractivity contribution is -0.142. The zero-order chi connectivity index (χ0) is 19.2.